The summed E-state index contributed by atoms with van der Waals surface area (Å²) in [5, 5.41) is 21.5. The van der Waals surface area contributed by atoms with Crippen LogP contribution in [-0.4, -0.2) is 18.3 Å². The Balaban J connectivity index is 1.92. The number of hydrogen-bond acceptors (Lipinski definition) is 3. The van der Waals surface area contributed by atoms with E-state index in [2.05, 4.69) is 23.5 Å². The summed E-state index contributed by atoms with van der Waals surface area (Å²) in [5.41, 5.74) is 3.03. The maximum Gasteiger partial charge on any atom is 0.0991 e. The Bertz CT molecular complexity index is 590. The zero-order chi connectivity index (χ0) is 14.9. The second kappa shape index (κ2) is 8.21. The van der Waals surface area contributed by atoms with E-state index in [1.807, 2.05) is 42.5 Å². The molecule has 0 aliphatic carbocycles. The van der Waals surface area contributed by atoms with E-state index in [0.717, 1.165) is 25.1 Å². The summed E-state index contributed by atoms with van der Waals surface area (Å²) in [4.78, 5) is 0. The van der Waals surface area contributed by atoms with Crippen molar-refractivity contribution in [2.45, 2.75) is 18.9 Å². The van der Waals surface area contributed by atoms with E-state index in [1.54, 1.807) is 0 Å². The summed E-state index contributed by atoms with van der Waals surface area (Å²) < 4.78 is 0. The summed E-state index contributed by atoms with van der Waals surface area (Å²) in [7, 11) is 0. The van der Waals surface area contributed by atoms with Crippen LogP contribution in [0, 0.1) is 11.3 Å². The Morgan fingerprint density at radius 3 is 2.62 bits per heavy atom. The second-order valence-corrected chi connectivity index (χ2v) is 5.06. The van der Waals surface area contributed by atoms with Gasteiger partial charge in [0, 0.05) is 19.7 Å². The van der Waals surface area contributed by atoms with Crippen molar-refractivity contribution in [2.24, 2.45) is 0 Å². The summed E-state index contributed by atoms with van der Waals surface area (Å²) >= 11 is 0. The Kier molecular flexibility index (Phi) is 5.96. The Labute approximate surface area is 125 Å². The minimum atomic E-state index is 0.186. The van der Waals surface area contributed by atoms with Gasteiger partial charge in [0.1, 0.15) is 0 Å². The van der Waals surface area contributed by atoms with Crippen molar-refractivity contribution in [3.05, 3.63) is 71.3 Å². The Hall–Kier alpha value is -2.15. The van der Waals surface area contributed by atoms with E-state index in [-0.39, 0.29) is 6.61 Å². The van der Waals surface area contributed by atoms with Gasteiger partial charge in [-0.1, -0.05) is 42.5 Å². The lowest BCUT2D eigenvalue weighted by Crippen LogP contribution is -2.22. The van der Waals surface area contributed by atoms with Gasteiger partial charge < -0.3 is 10.4 Å². The van der Waals surface area contributed by atoms with Crippen LogP contribution in [0.4, 0.5) is 0 Å². The zero-order valence-electron chi connectivity index (χ0n) is 12.0. The molecular formula is C18H20N2O. The molecule has 21 heavy (non-hydrogen) atoms. The first-order valence-corrected chi connectivity index (χ1v) is 7.19. The van der Waals surface area contributed by atoms with Gasteiger partial charge >= 0.3 is 0 Å². The monoisotopic (exact) mass is 280 g/mol. The highest BCUT2D eigenvalue weighted by molar-refractivity contribution is 5.32. The van der Waals surface area contributed by atoms with Crippen molar-refractivity contribution in [1.82, 2.24) is 5.32 Å². The summed E-state index contributed by atoms with van der Waals surface area (Å²) in [6.07, 6.45) is 0.745. The molecule has 108 valence electrons. The lowest BCUT2D eigenvalue weighted by molar-refractivity contribution is 0.273. The molecule has 2 N–H and O–H groups in total. The van der Waals surface area contributed by atoms with E-state index in [0.29, 0.717) is 11.5 Å². The van der Waals surface area contributed by atoms with Crippen LogP contribution in [0.2, 0.25) is 0 Å². The molecule has 0 heterocycles. The fourth-order valence-electron chi connectivity index (χ4n) is 2.41. The lowest BCUT2D eigenvalue weighted by Gasteiger charge is -2.17. The van der Waals surface area contributed by atoms with Crippen LogP contribution in [0.15, 0.2) is 54.6 Å². The molecule has 0 amide bonds. The van der Waals surface area contributed by atoms with Gasteiger partial charge in [-0.25, -0.2) is 0 Å². The molecule has 0 aliphatic rings. The van der Waals surface area contributed by atoms with Crippen LogP contribution in [0.3, 0.4) is 0 Å². The molecule has 3 heteroatoms. The summed E-state index contributed by atoms with van der Waals surface area (Å²) in [5.74, 6) is 0.301. The van der Waals surface area contributed by atoms with Gasteiger partial charge in [0.2, 0.25) is 0 Å². The predicted molar refractivity (Wildman–Crippen MR) is 83.7 cm³/mol. The molecule has 0 saturated carbocycles. The highest BCUT2D eigenvalue weighted by atomic mass is 16.3. The van der Waals surface area contributed by atoms with Gasteiger partial charge in [-0.2, -0.15) is 5.26 Å². The van der Waals surface area contributed by atoms with Crippen LogP contribution in [0.5, 0.6) is 0 Å². The second-order valence-electron chi connectivity index (χ2n) is 5.06. The third-order valence-electron chi connectivity index (χ3n) is 3.52. The minimum Gasteiger partial charge on any atom is -0.396 e. The molecule has 0 bridgehead atoms. The SMILES string of the molecule is N#Cc1cccc(CNCC(CCO)c2ccccc2)c1. The number of aliphatic hydroxyl groups excluding tert-OH is 1. The van der Waals surface area contributed by atoms with Crippen LogP contribution >= 0.6 is 0 Å². The maximum absolute atomic E-state index is 9.22. The van der Waals surface area contributed by atoms with Crippen LogP contribution in [-0.2, 0) is 6.54 Å². The standard InChI is InChI=1S/C18H20N2O/c19-12-15-5-4-6-16(11-15)13-20-14-18(9-10-21)17-7-2-1-3-8-17/h1-8,11,18,20-21H,9-10,13-14H2. The molecule has 2 aromatic carbocycles. The summed E-state index contributed by atoms with van der Waals surface area (Å²) in [6.45, 7) is 1.72. The van der Waals surface area contributed by atoms with E-state index in [4.69, 9.17) is 5.26 Å². The first kappa shape index (κ1) is 15.2. The lowest BCUT2D eigenvalue weighted by atomic mass is 9.96. The van der Waals surface area contributed by atoms with Crippen LogP contribution < -0.4 is 5.32 Å². The third-order valence-corrected chi connectivity index (χ3v) is 3.52. The molecule has 0 spiro atoms. The van der Waals surface area contributed by atoms with Crippen molar-refractivity contribution >= 4 is 0 Å². The molecule has 1 unspecified atom stereocenters. The van der Waals surface area contributed by atoms with E-state index >= 15 is 0 Å². The summed E-state index contributed by atoms with van der Waals surface area (Å²) in [6, 6.07) is 20.0. The number of benzene rings is 2. The van der Waals surface area contributed by atoms with Gasteiger partial charge in [0.25, 0.3) is 0 Å². The van der Waals surface area contributed by atoms with Crippen molar-refractivity contribution in [2.75, 3.05) is 13.2 Å². The number of nitrogens with zero attached hydrogens (tertiary/aromatic N) is 1. The van der Waals surface area contributed by atoms with Crippen LogP contribution in [0.1, 0.15) is 29.0 Å². The van der Waals surface area contributed by atoms with Gasteiger partial charge in [0.05, 0.1) is 11.6 Å². The highest BCUT2D eigenvalue weighted by Crippen LogP contribution is 2.18. The topological polar surface area (TPSA) is 56.0 Å². The maximum atomic E-state index is 9.22. The smallest absolute Gasteiger partial charge is 0.0991 e. The third kappa shape index (κ3) is 4.71. The quantitative estimate of drug-likeness (QED) is 0.820. The molecule has 0 aromatic heterocycles. The normalized spacial score (nSPS) is 11.8. The predicted octanol–water partition coefficient (Wildman–Crippen LogP) is 2.81. The van der Waals surface area contributed by atoms with Crippen molar-refractivity contribution in [3.8, 4) is 6.07 Å². The number of nitrogens with one attached hydrogen (secondary N) is 1. The van der Waals surface area contributed by atoms with Gasteiger partial charge in [-0.3, -0.25) is 0 Å². The average Bonchev–Trinajstić information content (AvgIpc) is 2.55. The average molecular weight is 280 g/mol. The molecule has 0 radical (unpaired) electrons. The molecule has 2 aromatic rings. The largest absolute Gasteiger partial charge is 0.396 e. The van der Waals surface area contributed by atoms with Crippen molar-refractivity contribution in [3.63, 3.8) is 0 Å². The molecule has 1 atom stereocenters. The van der Waals surface area contributed by atoms with Crippen molar-refractivity contribution in [1.29, 1.82) is 5.26 Å². The van der Waals surface area contributed by atoms with Gasteiger partial charge in [0.15, 0.2) is 0 Å². The fourth-order valence-corrected chi connectivity index (χ4v) is 2.41. The highest BCUT2D eigenvalue weighted by Gasteiger charge is 2.10. The molecular weight excluding hydrogens is 260 g/mol. The van der Waals surface area contributed by atoms with Gasteiger partial charge in [-0.15, -0.1) is 0 Å². The molecule has 0 saturated heterocycles. The number of aliphatic hydroxyl groups is 1. The zero-order valence-corrected chi connectivity index (χ0v) is 12.0. The first-order chi connectivity index (χ1) is 10.3. The van der Waals surface area contributed by atoms with Gasteiger partial charge in [-0.05, 0) is 35.6 Å². The van der Waals surface area contributed by atoms with E-state index in [1.165, 1.54) is 5.56 Å². The molecule has 0 fully saturated rings. The van der Waals surface area contributed by atoms with E-state index in [9.17, 15) is 5.11 Å². The number of hydrogen-bond donors (Lipinski definition) is 2. The molecule has 3 nitrogen and oxygen atoms in total. The molecule has 0 aliphatic heterocycles. The Morgan fingerprint density at radius 1 is 1.10 bits per heavy atom. The van der Waals surface area contributed by atoms with Crippen molar-refractivity contribution < 1.29 is 5.11 Å². The number of nitriles is 1. The minimum absolute atomic E-state index is 0.186. The molecule has 2 rings (SSSR count). The fraction of sp³-hybridized carbons (Fsp3) is 0.278. The number of rotatable bonds is 7. The van der Waals surface area contributed by atoms with E-state index < -0.39 is 0 Å². The first-order valence-electron chi connectivity index (χ1n) is 7.19. The van der Waals surface area contributed by atoms with Crippen LogP contribution in [0.25, 0.3) is 0 Å². The Morgan fingerprint density at radius 2 is 1.90 bits per heavy atom.